The van der Waals surface area contributed by atoms with E-state index in [0.717, 1.165) is 29.4 Å². The van der Waals surface area contributed by atoms with Crippen LogP contribution in [0.1, 0.15) is 48.8 Å². The van der Waals surface area contributed by atoms with Gasteiger partial charge >= 0.3 is 0 Å². The Kier molecular flexibility index (Phi) is 7.24. The number of nitrogens with zero attached hydrogens (tertiary/aromatic N) is 1. The lowest BCUT2D eigenvalue weighted by Crippen LogP contribution is -2.47. The number of halogens is 1. The number of nitrogens with one attached hydrogen (secondary N) is 1. The van der Waals surface area contributed by atoms with Crippen molar-refractivity contribution >= 4 is 21.8 Å². The van der Waals surface area contributed by atoms with Gasteiger partial charge in [0.2, 0.25) is 5.91 Å². The Balaban J connectivity index is 1.48. The van der Waals surface area contributed by atoms with Crippen molar-refractivity contribution in [2.75, 3.05) is 26.3 Å². The predicted octanol–water partition coefficient (Wildman–Crippen LogP) is 4.80. The molecule has 0 saturated carbocycles. The Morgan fingerprint density at radius 3 is 2.33 bits per heavy atom. The number of piperidine rings is 1. The second-order valence-electron chi connectivity index (χ2n) is 8.49. The normalized spacial score (nSPS) is 19.4. The zero-order chi connectivity index (χ0) is 20.8. The summed E-state index contributed by atoms with van der Waals surface area (Å²) in [5.41, 5.74) is 3.10. The van der Waals surface area contributed by atoms with Crippen LogP contribution in [-0.4, -0.2) is 37.1 Å². The summed E-state index contributed by atoms with van der Waals surface area (Å²) >= 11 is 3.50. The Morgan fingerprint density at radius 1 is 0.967 bits per heavy atom. The number of amides is 1. The first-order valence-corrected chi connectivity index (χ1v) is 11.9. The molecule has 2 saturated heterocycles. The van der Waals surface area contributed by atoms with Crippen LogP contribution in [0.25, 0.3) is 0 Å². The Hall–Kier alpha value is -1.69. The summed E-state index contributed by atoms with van der Waals surface area (Å²) in [4.78, 5) is 16.0. The van der Waals surface area contributed by atoms with Crippen molar-refractivity contribution in [1.82, 2.24) is 10.2 Å². The number of carbonyl (C=O) groups is 1. The number of likely N-dealkylation sites (tertiary alicyclic amines) is 1. The van der Waals surface area contributed by atoms with E-state index in [9.17, 15) is 4.79 Å². The van der Waals surface area contributed by atoms with E-state index in [2.05, 4.69) is 62.5 Å². The van der Waals surface area contributed by atoms with Crippen molar-refractivity contribution in [2.45, 2.75) is 50.6 Å². The van der Waals surface area contributed by atoms with Crippen molar-refractivity contribution in [3.8, 4) is 0 Å². The van der Waals surface area contributed by atoms with E-state index in [4.69, 9.17) is 4.74 Å². The van der Waals surface area contributed by atoms with Gasteiger partial charge in [-0.15, -0.1) is 0 Å². The number of benzene rings is 2. The molecule has 0 unspecified atom stereocenters. The van der Waals surface area contributed by atoms with Crippen molar-refractivity contribution < 1.29 is 9.53 Å². The molecular weight excluding hydrogens is 440 g/mol. The third-order valence-corrected chi connectivity index (χ3v) is 7.11. The third kappa shape index (κ3) is 4.96. The fourth-order valence-electron chi connectivity index (χ4n) is 4.72. The second-order valence-corrected chi connectivity index (χ2v) is 9.41. The van der Waals surface area contributed by atoms with Gasteiger partial charge in [0.15, 0.2) is 0 Å². The third-order valence-electron chi connectivity index (χ3n) is 6.58. The Bertz CT molecular complexity index is 840. The Labute approximate surface area is 188 Å². The van der Waals surface area contributed by atoms with Gasteiger partial charge in [0.05, 0.1) is 5.41 Å². The van der Waals surface area contributed by atoms with Crippen LogP contribution in [0.15, 0.2) is 53.0 Å². The molecule has 0 aromatic heterocycles. The molecule has 5 heteroatoms. The highest BCUT2D eigenvalue weighted by molar-refractivity contribution is 9.10. The lowest BCUT2D eigenvalue weighted by molar-refractivity contribution is -0.130. The molecule has 1 N–H and O–H groups in total. The summed E-state index contributed by atoms with van der Waals surface area (Å²) in [6.45, 7) is 5.13. The number of carbonyl (C=O) groups excluding carboxylic acids is 1. The molecule has 4 rings (SSSR count). The molecule has 0 radical (unpaired) electrons. The van der Waals surface area contributed by atoms with Crippen molar-refractivity contribution in [3.63, 3.8) is 0 Å². The molecule has 2 fully saturated rings. The minimum atomic E-state index is -0.513. The minimum Gasteiger partial charge on any atom is -0.381 e. The highest BCUT2D eigenvalue weighted by Crippen LogP contribution is 2.36. The predicted molar refractivity (Wildman–Crippen MR) is 123 cm³/mol. The summed E-state index contributed by atoms with van der Waals surface area (Å²) in [7, 11) is 0. The van der Waals surface area contributed by atoms with E-state index in [1.54, 1.807) is 0 Å². The lowest BCUT2D eigenvalue weighted by Gasteiger charge is -2.36. The molecule has 1 amide bonds. The van der Waals surface area contributed by atoms with Crippen LogP contribution in [0.4, 0.5) is 0 Å². The Morgan fingerprint density at radius 2 is 1.63 bits per heavy atom. The summed E-state index contributed by atoms with van der Waals surface area (Å²) in [5, 5.41) is 3.28. The van der Waals surface area contributed by atoms with E-state index in [1.807, 2.05) is 12.1 Å². The minimum absolute atomic E-state index is 0.112. The second kappa shape index (κ2) is 10.1. The van der Waals surface area contributed by atoms with Gasteiger partial charge in [0.1, 0.15) is 0 Å². The summed E-state index contributed by atoms with van der Waals surface area (Å²) < 4.78 is 6.62. The molecule has 0 bridgehead atoms. The van der Waals surface area contributed by atoms with Gasteiger partial charge in [-0.3, -0.25) is 9.69 Å². The van der Waals surface area contributed by atoms with Gasteiger partial charge in [-0.05, 0) is 67.6 Å². The van der Waals surface area contributed by atoms with Crippen molar-refractivity contribution in [1.29, 1.82) is 0 Å². The molecule has 160 valence electrons. The maximum Gasteiger partial charge on any atom is 0.231 e. The highest BCUT2D eigenvalue weighted by Gasteiger charge is 2.41. The van der Waals surface area contributed by atoms with E-state index in [1.165, 1.54) is 43.5 Å². The van der Waals surface area contributed by atoms with E-state index in [0.29, 0.717) is 19.8 Å². The number of hydrogen-bond acceptors (Lipinski definition) is 3. The van der Waals surface area contributed by atoms with Gasteiger partial charge in [-0.2, -0.15) is 0 Å². The molecule has 2 aromatic rings. The van der Waals surface area contributed by atoms with Crippen LogP contribution >= 0.6 is 15.9 Å². The van der Waals surface area contributed by atoms with Crippen LogP contribution in [0.5, 0.6) is 0 Å². The fourth-order valence-corrected chi connectivity index (χ4v) is 4.99. The smallest absolute Gasteiger partial charge is 0.231 e. The van der Waals surface area contributed by atoms with E-state index >= 15 is 0 Å². The molecule has 2 heterocycles. The topological polar surface area (TPSA) is 41.6 Å². The largest absolute Gasteiger partial charge is 0.381 e. The number of ether oxygens (including phenoxy) is 1. The average molecular weight is 471 g/mol. The quantitative estimate of drug-likeness (QED) is 0.658. The van der Waals surface area contributed by atoms with Crippen molar-refractivity contribution in [3.05, 3.63) is 69.7 Å². The van der Waals surface area contributed by atoms with Gasteiger partial charge in [-0.1, -0.05) is 58.7 Å². The SMILES string of the molecule is O=C(NCc1ccccc1CN1CCCCC1)C1(c2ccc(Br)cc2)CCOCC1. The molecule has 0 spiro atoms. The number of rotatable bonds is 6. The molecule has 2 aliphatic rings. The van der Waals surface area contributed by atoms with E-state index in [-0.39, 0.29) is 5.91 Å². The maximum atomic E-state index is 13.5. The highest BCUT2D eigenvalue weighted by atomic mass is 79.9. The summed E-state index contributed by atoms with van der Waals surface area (Å²) in [6.07, 6.45) is 5.36. The average Bonchev–Trinajstić information content (AvgIpc) is 2.80. The molecule has 0 aliphatic carbocycles. The maximum absolute atomic E-state index is 13.5. The molecule has 4 nitrogen and oxygen atoms in total. The fraction of sp³-hybridized carbons (Fsp3) is 0.480. The van der Waals surface area contributed by atoms with Crippen LogP contribution in [0, 0.1) is 0 Å². The molecule has 2 aliphatic heterocycles. The first-order chi connectivity index (χ1) is 14.7. The van der Waals surface area contributed by atoms with Gasteiger partial charge in [0.25, 0.3) is 0 Å². The van der Waals surface area contributed by atoms with E-state index < -0.39 is 5.41 Å². The van der Waals surface area contributed by atoms with Crippen molar-refractivity contribution in [2.24, 2.45) is 0 Å². The van der Waals surface area contributed by atoms with Gasteiger partial charge < -0.3 is 10.1 Å². The van der Waals surface area contributed by atoms with Gasteiger partial charge in [0, 0.05) is 30.8 Å². The van der Waals surface area contributed by atoms with Crippen LogP contribution in [0.2, 0.25) is 0 Å². The zero-order valence-corrected chi connectivity index (χ0v) is 19.1. The van der Waals surface area contributed by atoms with Crippen LogP contribution in [0.3, 0.4) is 0 Å². The first kappa shape index (κ1) is 21.5. The molecule has 2 aromatic carbocycles. The first-order valence-electron chi connectivity index (χ1n) is 11.1. The zero-order valence-electron chi connectivity index (χ0n) is 17.5. The lowest BCUT2D eigenvalue weighted by atomic mass is 9.73. The number of hydrogen-bond donors (Lipinski definition) is 1. The van der Waals surface area contributed by atoms with Crippen LogP contribution in [-0.2, 0) is 28.0 Å². The molecular formula is C25H31BrN2O2. The monoisotopic (exact) mass is 470 g/mol. The van der Waals surface area contributed by atoms with Crippen LogP contribution < -0.4 is 5.32 Å². The summed E-state index contributed by atoms with van der Waals surface area (Å²) in [6, 6.07) is 16.7. The summed E-state index contributed by atoms with van der Waals surface area (Å²) in [5.74, 6) is 0.112. The molecule has 30 heavy (non-hydrogen) atoms. The van der Waals surface area contributed by atoms with Gasteiger partial charge in [-0.25, -0.2) is 0 Å². The molecule has 0 atom stereocenters. The standard InChI is InChI=1S/C25H31BrN2O2/c26-23-10-8-22(9-11-23)25(12-16-30-17-13-25)24(29)27-18-20-6-2-3-7-21(20)19-28-14-4-1-5-15-28/h2-3,6-11H,1,4-5,12-19H2,(H,27,29).